The first-order valence-electron chi connectivity index (χ1n) is 8.05. The number of piperidine rings is 1. The molecule has 0 radical (unpaired) electrons. The molecule has 0 aromatic heterocycles. The van der Waals surface area contributed by atoms with E-state index >= 15 is 0 Å². The summed E-state index contributed by atoms with van der Waals surface area (Å²) in [4.78, 5) is 14.1. The zero-order valence-corrected chi connectivity index (χ0v) is 13.1. The summed E-state index contributed by atoms with van der Waals surface area (Å²) in [6.07, 6.45) is 7.38. The molecule has 1 amide bonds. The Bertz CT molecular complexity index is 484. The zero-order valence-electron chi connectivity index (χ0n) is 13.1. The van der Waals surface area contributed by atoms with Gasteiger partial charge in [0, 0.05) is 12.6 Å². The molecule has 1 aromatic carbocycles. The Kier molecular flexibility index (Phi) is 6.46. The molecule has 0 aliphatic carbocycles. The van der Waals surface area contributed by atoms with Gasteiger partial charge in [0.1, 0.15) is 0 Å². The summed E-state index contributed by atoms with van der Waals surface area (Å²) in [5.74, 6) is 0. The second kappa shape index (κ2) is 8.59. The highest BCUT2D eigenvalue weighted by atomic mass is 16.6. The SMILES string of the molecule is CCOC(=O)N1[C@@H](CCO)CCC[C@H]1/C=C/c1ccccc1. The number of aliphatic hydroxyl groups is 1. The standard InChI is InChI=1S/C18H25NO3/c1-2-22-18(21)19-16(9-6-10-17(19)13-14-20)12-11-15-7-4-3-5-8-15/h3-5,7-8,11-12,16-17,20H,2,6,9-10,13-14H2,1H3/b12-11+/t16-,17+/m0/s1. The molecular weight excluding hydrogens is 278 g/mol. The average molecular weight is 303 g/mol. The van der Waals surface area contributed by atoms with Gasteiger partial charge in [0.15, 0.2) is 0 Å². The minimum Gasteiger partial charge on any atom is -0.450 e. The van der Waals surface area contributed by atoms with Crippen LogP contribution in [0.3, 0.4) is 0 Å². The summed E-state index contributed by atoms with van der Waals surface area (Å²) in [5, 5.41) is 9.25. The number of nitrogens with zero attached hydrogens (tertiary/aromatic N) is 1. The van der Waals surface area contributed by atoms with Crippen LogP contribution in [-0.2, 0) is 4.74 Å². The van der Waals surface area contributed by atoms with Crippen LogP contribution in [0.25, 0.3) is 6.08 Å². The van der Waals surface area contributed by atoms with Gasteiger partial charge in [0.2, 0.25) is 0 Å². The lowest BCUT2D eigenvalue weighted by molar-refractivity contribution is 0.0527. The first-order valence-corrected chi connectivity index (χ1v) is 8.05. The second-order valence-electron chi connectivity index (χ2n) is 5.54. The highest BCUT2D eigenvalue weighted by Crippen LogP contribution is 2.27. The van der Waals surface area contributed by atoms with E-state index < -0.39 is 0 Å². The molecule has 22 heavy (non-hydrogen) atoms. The Hall–Kier alpha value is -1.81. The summed E-state index contributed by atoms with van der Waals surface area (Å²) in [6, 6.07) is 10.2. The Morgan fingerprint density at radius 2 is 2.14 bits per heavy atom. The quantitative estimate of drug-likeness (QED) is 0.906. The molecule has 2 atom stereocenters. The van der Waals surface area contributed by atoms with Crippen molar-refractivity contribution < 1.29 is 14.6 Å². The molecule has 2 rings (SSSR count). The van der Waals surface area contributed by atoms with Crippen molar-refractivity contribution in [3.63, 3.8) is 0 Å². The van der Waals surface area contributed by atoms with Gasteiger partial charge in [0.25, 0.3) is 0 Å². The molecule has 0 spiro atoms. The number of amides is 1. The number of hydrogen-bond donors (Lipinski definition) is 1. The van der Waals surface area contributed by atoms with E-state index in [1.54, 1.807) is 0 Å². The van der Waals surface area contributed by atoms with Crippen molar-refractivity contribution in [2.45, 2.75) is 44.7 Å². The van der Waals surface area contributed by atoms with Crippen LogP contribution in [0.15, 0.2) is 36.4 Å². The molecule has 1 aromatic rings. The number of ether oxygens (including phenoxy) is 1. The van der Waals surface area contributed by atoms with Crippen LogP contribution in [0.4, 0.5) is 4.79 Å². The topological polar surface area (TPSA) is 49.8 Å². The lowest BCUT2D eigenvalue weighted by atomic mass is 9.93. The zero-order chi connectivity index (χ0) is 15.8. The number of benzene rings is 1. The van der Waals surface area contributed by atoms with Crippen molar-refractivity contribution in [3.05, 3.63) is 42.0 Å². The first-order chi connectivity index (χ1) is 10.8. The number of carbonyl (C=O) groups is 1. The molecule has 1 aliphatic heterocycles. The fourth-order valence-electron chi connectivity index (χ4n) is 3.00. The van der Waals surface area contributed by atoms with Gasteiger partial charge in [-0.25, -0.2) is 4.79 Å². The van der Waals surface area contributed by atoms with Crippen molar-refractivity contribution in [3.8, 4) is 0 Å². The van der Waals surface area contributed by atoms with E-state index in [4.69, 9.17) is 4.74 Å². The third-order valence-electron chi connectivity index (χ3n) is 4.04. The minimum atomic E-state index is -0.275. The van der Waals surface area contributed by atoms with E-state index in [0.29, 0.717) is 13.0 Å². The molecule has 1 saturated heterocycles. The summed E-state index contributed by atoms with van der Waals surface area (Å²) < 4.78 is 5.21. The molecule has 0 bridgehead atoms. The van der Waals surface area contributed by atoms with Gasteiger partial charge in [-0.3, -0.25) is 4.90 Å². The van der Waals surface area contributed by atoms with Crippen molar-refractivity contribution >= 4 is 12.2 Å². The van der Waals surface area contributed by atoms with E-state index in [-0.39, 0.29) is 24.8 Å². The van der Waals surface area contributed by atoms with Gasteiger partial charge in [0.05, 0.1) is 12.6 Å². The smallest absolute Gasteiger partial charge is 0.410 e. The Labute approximate surface area is 132 Å². The maximum absolute atomic E-state index is 12.3. The lowest BCUT2D eigenvalue weighted by Gasteiger charge is -2.40. The molecule has 1 fully saturated rings. The van der Waals surface area contributed by atoms with Gasteiger partial charge >= 0.3 is 6.09 Å². The summed E-state index contributed by atoms with van der Waals surface area (Å²) in [6.45, 7) is 2.28. The molecule has 1 heterocycles. The Morgan fingerprint density at radius 1 is 1.36 bits per heavy atom. The van der Waals surface area contributed by atoms with E-state index in [1.165, 1.54) is 0 Å². The third kappa shape index (κ3) is 4.34. The number of carbonyl (C=O) groups excluding carboxylic acids is 1. The van der Waals surface area contributed by atoms with Gasteiger partial charge in [-0.15, -0.1) is 0 Å². The number of aliphatic hydroxyl groups excluding tert-OH is 1. The number of hydrogen-bond acceptors (Lipinski definition) is 3. The third-order valence-corrected chi connectivity index (χ3v) is 4.04. The summed E-state index contributed by atoms with van der Waals surface area (Å²) in [7, 11) is 0. The molecule has 120 valence electrons. The van der Waals surface area contributed by atoms with E-state index in [0.717, 1.165) is 24.8 Å². The molecule has 1 aliphatic rings. The predicted molar refractivity (Wildman–Crippen MR) is 87.5 cm³/mol. The fourth-order valence-corrected chi connectivity index (χ4v) is 3.00. The van der Waals surface area contributed by atoms with Crippen LogP contribution < -0.4 is 0 Å². The van der Waals surface area contributed by atoms with Crippen molar-refractivity contribution in [2.75, 3.05) is 13.2 Å². The average Bonchev–Trinajstić information content (AvgIpc) is 2.54. The van der Waals surface area contributed by atoms with Crippen LogP contribution in [0.5, 0.6) is 0 Å². The predicted octanol–water partition coefficient (Wildman–Crippen LogP) is 3.46. The van der Waals surface area contributed by atoms with Crippen LogP contribution in [0.2, 0.25) is 0 Å². The first kappa shape index (κ1) is 16.6. The Balaban J connectivity index is 2.14. The van der Waals surface area contributed by atoms with Gasteiger partial charge in [-0.1, -0.05) is 42.5 Å². The van der Waals surface area contributed by atoms with Crippen molar-refractivity contribution in [1.82, 2.24) is 4.90 Å². The van der Waals surface area contributed by atoms with Crippen molar-refractivity contribution in [2.24, 2.45) is 0 Å². The van der Waals surface area contributed by atoms with E-state index in [2.05, 4.69) is 12.2 Å². The maximum atomic E-state index is 12.3. The van der Waals surface area contributed by atoms with Gasteiger partial charge < -0.3 is 9.84 Å². The van der Waals surface area contributed by atoms with Gasteiger partial charge in [-0.05, 0) is 38.2 Å². The minimum absolute atomic E-state index is 0.0320. The number of rotatable bonds is 5. The van der Waals surface area contributed by atoms with Crippen LogP contribution >= 0.6 is 0 Å². The van der Waals surface area contributed by atoms with Crippen molar-refractivity contribution in [1.29, 1.82) is 0 Å². The second-order valence-corrected chi connectivity index (χ2v) is 5.54. The lowest BCUT2D eigenvalue weighted by Crippen LogP contribution is -2.49. The summed E-state index contributed by atoms with van der Waals surface area (Å²) in [5.41, 5.74) is 1.12. The largest absolute Gasteiger partial charge is 0.450 e. The number of likely N-dealkylation sites (tertiary alicyclic amines) is 1. The molecule has 0 saturated carbocycles. The molecule has 1 N–H and O–H groups in total. The normalized spacial score (nSPS) is 22.0. The summed E-state index contributed by atoms with van der Waals surface area (Å²) >= 11 is 0. The molecule has 0 unspecified atom stereocenters. The highest BCUT2D eigenvalue weighted by molar-refractivity contribution is 5.69. The maximum Gasteiger partial charge on any atom is 0.410 e. The Morgan fingerprint density at radius 3 is 2.82 bits per heavy atom. The van der Waals surface area contributed by atoms with E-state index in [9.17, 15) is 9.90 Å². The van der Waals surface area contributed by atoms with Crippen LogP contribution in [0, 0.1) is 0 Å². The van der Waals surface area contributed by atoms with Gasteiger partial charge in [-0.2, -0.15) is 0 Å². The molecule has 4 nitrogen and oxygen atoms in total. The van der Waals surface area contributed by atoms with E-state index in [1.807, 2.05) is 42.2 Å². The fraction of sp³-hybridized carbons (Fsp3) is 0.500. The molecular formula is C18H25NO3. The highest BCUT2D eigenvalue weighted by Gasteiger charge is 2.33. The molecule has 4 heteroatoms. The van der Waals surface area contributed by atoms with Crippen LogP contribution in [0.1, 0.15) is 38.2 Å². The van der Waals surface area contributed by atoms with Crippen LogP contribution in [-0.4, -0.2) is 41.4 Å². The monoisotopic (exact) mass is 303 g/mol.